The molecule has 0 aliphatic heterocycles. The Labute approximate surface area is 286 Å². The molecule has 2 heteroatoms. The van der Waals surface area contributed by atoms with Crippen molar-refractivity contribution >= 4 is 49.5 Å². The van der Waals surface area contributed by atoms with Gasteiger partial charge < -0.3 is 4.90 Å². The van der Waals surface area contributed by atoms with Gasteiger partial charge in [0.2, 0.25) is 0 Å². The van der Waals surface area contributed by atoms with Gasteiger partial charge in [0, 0.05) is 28.6 Å². The molecule has 9 aromatic rings. The van der Waals surface area contributed by atoms with E-state index in [1.165, 1.54) is 43.8 Å². The quantitative estimate of drug-likeness (QED) is 0.183. The minimum atomic E-state index is 1.00. The Kier molecular flexibility index (Phi) is 7.18. The number of hydrogen-bond donors (Lipinski definition) is 0. The molecule has 0 fully saturated rings. The van der Waals surface area contributed by atoms with Crippen LogP contribution < -0.4 is 4.90 Å². The fraction of sp³-hybridized carbons (Fsp3) is 0. The lowest BCUT2D eigenvalue weighted by molar-refractivity contribution is 1.28. The summed E-state index contributed by atoms with van der Waals surface area (Å²) in [5.41, 5.74) is 11.4. The van der Waals surface area contributed by atoms with E-state index in [1.54, 1.807) is 0 Å². The zero-order chi connectivity index (χ0) is 32.6. The van der Waals surface area contributed by atoms with E-state index in [1.807, 2.05) is 12.3 Å². The Bertz CT molecular complexity index is 2290. The summed E-state index contributed by atoms with van der Waals surface area (Å²) in [5, 5.41) is 6.15. The van der Waals surface area contributed by atoms with E-state index in [0.29, 0.717) is 0 Å². The molecule has 0 aliphatic rings. The van der Waals surface area contributed by atoms with Gasteiger partial charge >= 0.3 is 0 Å². The molecule has 230 valence electrons. The van der Waals surface area contributed by atoms with Gasteiger partial charge in [0.1, 0.15) is 0 Å². The highest BCUT2D eigenvalue weighted by Gasteiger charge is 2.14. The van der Waals surface area contributed by atoms with E-state index in [2.05, 4.69) is 192 Å². The zero-order valence-corrected chi connectivity index (χ0v) is 26.9. The van der Waals surface area contributed by atoms with E-state index >= 15 is 0 Å². The summed E-state index contributed by atoms with van der Waals surface area (Å²) in [5.74, 6) is 0. The number of hydrogen-bond acceptors (Lipinski definition) is 2. The molecular formula is C47H32N2. The van der Waals surface area contributed by atoms with Gasteiger partial charge in [-0.1, -0.05) is 127 Å². The molecule has 1 aromatic heterocycles. The lowest BCUT2D eigenvalue weighted by Crippen LogP contribution is -2.09. The Hall–Kier alpha value is -6.51. The fourth-order valence-corrected chi connectivity index (χ4v) is 6.84. The SMILES string of the molecule is c1ccc2cc(-c3ccc(N(c4ccc(-c5ccc6ccccc6c5)cc4)c4ccc(-c5ccc6cccnc6c5)cc4)cc3)ccc2c1. The number of anilines is 3. The minimum absolute atomic E-state index is 1.00. The number of pyridine rings is 1. The lowest BCUT2D eigenvalue weighted by Gasteiger charge is -2.26. The summed E-state index contributed by atoms with van der Waals surface area (Å²) in [6, 6.07) is 67.6. The molecule has 0 bridgehead atoms. The first-order valence-corrected chi connectivity index (χ1v) is 16.7. The molecular weight excluding hydrogens is 593 g/mol. The van der Waals surface area contributed by atoms with E-state index < -0.39 is 0 Å². The molecule has 0 saturated heterocycles. The van der Waals surface area contributed by atoms with Crippen LogP contribution in [0, 0.1) is 0 Å². The maximum absolute atomic E-state index is 4.57. The largest absolute Gasteiger partial charge is 0.311 e. The molecule has 0 spiro atoms. The highest BCUT2D eigenvalue weighted by atomic mass is 15.1. The highest BCUT2D eigenvalue weighted by molar-refractivity contribution is 5.90. The number of fused-ring (bicyclic) bond motifs is 3. The lowest BCUT2D eigenvalue weighted by atomic mass is 10.00. The van der Waals surface area contributed by atoms with Crippen LogP contribution in [0.1, 0.15) is 0 Å². The average Bonchev–Trinajstić information content (AvgIpc) is 3.18. The summed E-state index contributed by atoms with van der Waals surface area (Å²) >= 11 is 0. The second kappa shape index (κ2) is 12.3. The normalized spacial score (nSPS) is 11.3. The summed E-state index contributed by atoms with van der Waals surface area (Å²) in [6.45, 7) is 0. The van der Waals surface area contributed by atoms with Crippen molar-refractivity contribution in [3.63, 3.8) is 0 Å². The Morgan fingerprint density at radius 1 is 0.286 bits per heavy atom. The number of benzene rings is 8. The van der Waals surface area contributed by atoms with Crippen molar-refractivity contribution in [3.8, 4) is 33.4 Å². The van der Waals surface area contributed by atoms with E-state index in [4.69, 9.17) is 0 Å². The molecule has 0 atom stereocenters. The number of nitrogens with zero attached hydrogens (tertiary/aromatic N) is 2. The van der Waals surface area contributed by atoms with Gasteiger partial charge in [0.15, 0.2) is 0 Å². The number of aromatic nitrogens is 1. The third-order valence-electron chi connectivity index (χ3n) is 9.48. The maximum atomic E-state index is 4.57. The third kappa shape index (κ3) is 5.60. The standard InChI is InChI=1S/C47H32N2/c1-3-8-39-30-41(14-11-33(39)6-1)35-17-23-44(24-18-35)49(45-25-19-36(20-26-45)42-15-12-34-7-2-4-9-40(34)31-42)46-27-21-37(22-28-46)43-16-13-38-10-5-29-48-47(38)32-43/h1-32H. The smallest absolute Gasteiger partial charge is 0.0708 e. The first-order valence-electron chi connectivity index (χ1n) is 16.7. The first kappa shape index (κ1) is 28.7. The van der Waals surface area contributed by atoms with Gasteiger partial charge in [-0.3, -0.25) is 4.98 Å². The van der Waals surface area contributed by atoms with Crippen molar-refractivity contribution in [3.05, 3.63) is 194 Å². The van der Waals surface area contributed by atoms with Crippen LogP contribution in [0.2, 0.25) is 0 Å². The zero-order valence-electron chi connectivity index (χ0n) is 26.9. The molecule has 49 heavy (non-hydrogen) atoms. The van der Waals surface area contributed by atoms with Crippen molar-refractivity contribution in [2.24, 2.45) is 0 Å². The van der Waals surface area contributed by atoms with Crippen molar-refractivity contribution in [1.82, 2.24) is 4.98 Å². The van der Waals surface area contributed by atoms with Crippen LogP contribution in [-0.2, 0) is 0 Å². The van der Waals surface area contributed by atoms with E-state index in [9.17, 15) is 0 Å². The second-order valence-electron chi connectivity index (χ2n) is 12.5. The van der Waals surface area contributed by atoms with E-state index in [0.717, 1.165) is 39.1 Å². The second-order valence-corrected chi connectivity index (χ2v) is 12.5. The number of rotatable bonds is 6. The van der Waals surface area contributed by atoms with Crippen LogP contribution in [-0.4, -0.2) is 4.98 Å². The third-order valence-corrected chi connectivity index (χ3v) is 9.48. The summed E-state index contributed by atoms with van der Waals surface area (Å²) in [6.07, 6.45) is 1.85. The average molecular weight is 625 g/mol. The summed E-state index contributed by atoms with van der Waals surface area (Å²) < 4.78 is 0. The van der Waals surface area contributed by atoms with Crippen LogP contribution in [0.25, 0.3) is 65.8 Å². The molecule has 0 saturated carbocycles. The van der Waals surface area contributed by atoms with Crippen LogP contribution in [0.3, 0.4) is 0 Å². The van der Waals surface area contributed by atoms with Gasteiger partial charge in [-0.05, 0) is 116 Å². The van der Waals surface area contributed by atoms with Crippen molar-refractivity contribution in [2.45, 2.75) is 0 Å². The Morgan fingerprint density at radius 2 is 0.653 bits per heavy atom. The highest BCUT2D eigenvalue weighted by Crippen LogP contribution is 2.38. The van der Waals surface area contributed by atoms with Crippen molar-refractivity contribution < 1.29 is 0 Å². The van der Waals surface area contributed by atoms with Gasteiger partial charge in [-0.15, -0.1) is 0 Å². The molecule has 0 N–H and O–H groups in total. The molecule has 0 amide bonds. The van der Waals surface area contributed by atoms with Crippen LogP contribution in [0.5, 0.6) is 0 Å². The van der Waals surface area contributed by atoms with Crippen LogP contribution >= 0.6 is 0 Å². The molecule has 0 unspecified atom stereocenters. The molecule has 2 nitrogen and oxygen atoms in total. The Morgan fingerprint density at radius 3 is 1.12 bits per heavy atom. The van der Waals surface area contributed by atoms with E-state index in [-0.39, 0.29) is 0 Å². The van der Waals surface area contributed by atoms with Gasteiger partial charge in [-0.25, -0.2) is 0 Å². The molecule has 0 radical (unpaired) electrons. The van der Waals surface area contributed by atoms with Crippen LogP contribution in [0.4, 0.5) is 17.1 Å². The Balaban J connectivity index is 1.09. The fourth-order valence-electron chi connectivity index (χ4n) is 6.84. The molecule has 1 heterocycles. The van der Waals surface area contributed by atoms with Gasteiger partial charge in [0.05, 0.1) is 5.52 Å². The van der Waals surface area contributed by atoms with Crippen LogP contribution in [0.15, 0.2) is 194 Å². The first-order chi connectivity index (χ1) is 24.2. The van der Waals surface area contributed by atoms with Crippen molar-refractivity contribution in [1.29, 1.82) is 0 Å². The monoisotopic (exact) mass is 624 g/mol. The van der Waals surface area contributed by atoms with Gasteiger partial charge in [-0.2, -0.15) is 0 Å². The molecule has 9 rings (SSSR count). The topological polar surface area (TPSA) is 16.1 Å². The molecule has 0 aliphatic carbocycles. The van der Waals surface area contributed by atoms with Crippen molar-refractivity contribution in [2.75, 3.05) is 4.90 Å². The summed E-state index contributed by atoms with van der Waals surface area (Å²) in [4.78, 5) is 6.91. The molecule has 8 aromatic carbocycles. The predicted octanol–water partition coefficient (Wildman–Crippen LogP) is 13.0. The maximum Gasteiger partial charge on any atom is 0.0708 e. The predicted molar refractivity (Wildman–Crippen MR) is 208 cm³/mol. The minimum Gasteiger partial charge on any atom is -0.311 e. The van der Waals surface area contributed by atoms with Gasteiger partial charge in [0.25, 0.3) is 0 Å². The summed E-state index contributed by atoms with van der Waals surface area (Å²) in [7, 11) is 0.